The van der Waals surface area contributed by atoms with E-state index in [4.69, 9.17) is 23.7 Å². The minimum absolute atomic E-state index is 0.00879. The van der Waals surface area contributed by atoms with E-state index in [0.717, 1.165) is 0 Å². The molecule has 2 N–H and O–H groups in total. The Balaban J connectivity index is 1.28. The average molecular weight is 566 g/mol. The molecule has 214 valence electrons. The van der Waals surface area contributed by atoms with E-state index in [-0.39, 0.29) is 18.1 Å². The molecule has 3 aromatic rings. The number of ether oxygens (including phenoxy) is 3. The van der Waals surface area contributed by atoms with E-state index >= 15 is 4.39 Å². The van der Waals surface area contributed by atoms with Crippen molar-refractivity contribution in [1.82, 2.24) is 25.8 Å². The Hall–Kier alpha value is -3.88. The van der Waals surface area contributed by atoms with Gasteiger partial charge in [-0.05, 0) is 38.0 Å². The summed E-state index contributed by atoms with van der Waals surface area (Å²) in [5.41, 5.74) is 0.618. The highest BCUT2D eigenvalue weighted by Gasteiger charge is 2.69. The first-order chi connectivity index (χ1) is 19.8. The second-order valence-electron chi connectivity index (χ2n) is 11.3. The van der Waals surface area contributed by atoms with Crippen molar-refractivity contribution in [3.8, 4) is 11.4 Å². The molecule has 0 saturated carbocycles. The van der Waals surface area contributed by atoms with Crippen molar-refractivity contribution in [1.29, 1.82) is 0 Å². The molecule has 41 heavy (non-hydrogen) atoms. The third-order valence-electron chi connectivity index (χ3n) is 8.84. The summed E-state index contributed by atoms with van der Waals surface area (Å²) < 4.78 is 39.6. The average Bonchev–Trinajstić information content (AvgIpc) is 3.61. The zero-order valence-electron chi connectivity index (χ0n) is 22.4. The normalized spacial score (nSPS) is 32.6. The van der Waals surface area contributed by atoms with Crippen LogP contribution in [0.2, 0.25) is 0 Å². The van der Waals surface area contributed by atoms with Gasteiger partial charge in [0.2, 0.25) is 17.4 Å². The second-order valence-corrected chi connectivity index (χ2v) is 11.3. The van der Waals surface area contributed by atoms with Gasteiger partial charge in [0, 0.05) is 25.8 Å². The molecule has 5 aliphatic heterocycles. The van der Waals surface area contributed by atoms with Crippen LogP contribution in [0.1, 0.15) is 19.4 Å². The summed E-state index contributed by atoms with van der Waals surface area (Å²) in [5, 5.41) is 9.83. The summed E-state index contributed by atoms with van der Waals surface area (Å²) >= 11 is 0. The highest BCUT2D eigenvalue weighted by atomic mass is 19.1. The number of hydrogen-bond donors (Lipinski definition) is 2. The van der Waals surface area contributed by atoms with Crippen LogP contribution in [0.5, 0.6) is 0 Å². The Morgan fingerprint density at radius 3 is 2.83 bits per heavy atom. The molecule has 1 aromatic carbocycles. The fraction of sp³-hybridized carbons (Fsp3) is 0.519. The van der Waals surface area contributed by atoms with E-state index in [1.165, 1.54) is 0 Å². The number of hydrogen-bond acceptors (Lipinski definition) is 11. The Morgan fingerprint density at radius 2 is 2.00 bits per heavy atom. The number of fused-ring (bicyclic) bond motifs is 7. The number of morpholine rings is 2. The van der Waals surface area contributed by atoms with Gasteiger partial charge in [-0.15, -0.1) is 0 Å². The number of carbonyl (C=O) groups is 2. The smallest absolute Gasteiger partial charge is 0.323 e. The van der Waals surface area contributed by atoms with Gasteiger partial charge in [-0.3, -0.25) is 10.1 Å². The lowest BCUT2D eigenvalue weighted by atomic mass is 9.65. The Kier molecular flexibility index (Phi) is 5.34. The minimum atomic E-state index is -1.20. The van der Waals surface area contributed by atoms with Crippen LogP contribution in [-0.4, -0.2) is 90.5 Å². The molecule has 7 heterocycles. The third-order valence-corrected chi connectivity index (χ3v) is 8.84. The molecular weight excluding hydrogens is 537 g/mol. The highest BCUT2D eigenvalue weighted by Crippen LogP contribution is 2.55. The van der Waals surface area contributed by atoms with Gasteiger partial charge in [0.05, 0.1) is 48.2 Å². The number of carbonyl (C=O) groups excluding carboxylic acids is 2. The summed E-state index contributed by atoms with van der Waals surface area (Å²) in [7, 11) is 0. The molecule has 4 saturated heterocycles. The maximum atomic E-state index is 16.5. The van der Waals surface area contributed by atoms with E-state index in [9.17, 15) is 9.59 Å². The molecule has 3 amide bonds. The molecule has 4 fully saturated rings. The largest absolute Gasteiger partial charge is 0.378 e. The lowest BCUT2D eigenvalue weighted by Crippen LogP contribution is -2.69. The van der Waals surface area contributed by atoms with Gasteiger partial charge in [-0.25, -0.2) is 19.2 Å². The number of benzene rings is 1. The van der Waals surface area contributed by atoms with E-state index in [0.29, 0.717) is 66.8 Å². The first-order valence-electron chi connectivity index (χ1n) is 13.8. The number of imide groups is 1. The second kappa shape index (κ2) is 8.81. The molecule has 8 rings (SSSR count). The van der Waals surface area contributed by atoms with Crippen LogP contribution in [-0.2, 0) is 25.4 Å². The predicted molar refractivity (Wildman–Crippen MR) is 141 cm³/mol. The van der Waals surface area contributed by atoms with Gasteiger partial charge in [0.15, 0.2) is 12.0 Å². The molecule has 14 heteroatoms. The molecule has 1 spiro atoms. The van der Waals surface area contributed by atoms with Crippen LogP contribution >= 0.6 is 0 Å². The van der Waals surface area contributed by atoms with E-state index < -0.39 is 47.6 Å². The summed E-state index contributed by atoms with van der Waals surface area (Å²) in [6, 6.07) is 2.34. The van der Waals surface area contributed by atoms with Gasteiger partial charge < -0.3 is 33.9 Å². The standard InChI is InChI=1S/C27H28FN7O6/c1-12-11-35-19-14(10-27(21(35)13(2)39-12)22-23(40-22)31-26(37)32-24(27)36)9-15-18(33-41-20(15)17(19)28)16-3-4-29-25(30-16)34-5-7-38-8-6-34/h3-4,9,12-13,21-23H,5-8,10-11H2,1-2H3,(H2,31,32,36,37). The van der Waals surface area contributed by atoms with Gasteiger partial charge in [-0.1, -0.05) is 5.16 Å². The molecule has 6 unspecified atom stereocenters. The van der Waals surface area contributed by atoms with Crippen molar-refractivity contribution in [2.75, 3.05) is 42.6 Å². The van der Waals surface area contributed by atoms with Crippen molar-refractivity contribution in [3.05, 3.63) is 29.7 Å². The fourth-order valence-corrected chi connectivity index (χ4v) is 7.19. The molecule has 2 aromatic heterocycles. The lowest BCUT2D eigenvalue weighted by molar-refractivity contribution is -0.140. The summed E-state index contributed by atoms with van der Waals surface area (Å²) in [6.07, 6.45) is -0.107. The summed E-state index contributed by atoms with van der Waals surface area (Å²) in [6.45, 7) is 6.61. The molecule has 0 bridgehead atoms. The Bertz CT molecular complexity index is 1590. The van der Waals surface area contributed by atoms with Gasteiger partial charge in [0.25, 0.3) is 0 Å². The predicted octanol–water partition coefficient (Wildman–Crippen LogP) is 1.35. The fourth-order valence-electron chi connectivity index (χ4n) is 7.19. The van der Waals surface area contributed by atoms with Crippen LogP contribution < -0.4 is 20.4 Å². The third kappa shape index (κ3) is 3.60. The van der Waals surface area contributed by atoms with Crippen molar-refractivity contribution in [2.24, 2.45) is 5.41 Å². The Morgan fingerprint density at radius 1 is 1.17 bits per heavy atom. The lowest BCUT2D eigenvalue weighted by Gasteiger charge is -2.55. The van der Waals surface area contributed by atoms with Gasteiger partial charge in [0.1, 0.15) is 17.2 Å². The molecular formula is C27H28FN7O6. The van der Waals surface area contributed by atoms with E-state index in [1.54, 1.807) is 12.3 Å². The first-order valence-corrected chi connectivity index (χ1v) is 13.8. The minimum Gasteiger partial charge on any atom is -0.378 e. The van der Waals surface area contributed by atoms with Crippen molar-refractivity contribution in [2.45, 2.75) is 50.8 Å². The molecule has 5 aliphatic rings. The number of amides is 3. The molecule has 13 nitrogen and oxygen atoms in total. The first kappa shape index (κ1) is 24.9. The number of halogens is 1. The Labute approximate surface area is 233 Å². The van der Waals surface area contributed by atoms with Crippen molar-refractivity contribution in [3.63, 3.8) is 0 Å². The maximum absolute atomic E-state index is 16.5. The van der Waals surface area contributed by atoms with Crippen LogP contribution in [0.3, 0.4) is 0 Å². The van der Waals surface area contributed by atoms with E-state index in [1.807, 2.05) is 29.7 Å². The summed E-state index contributed by atoms with van der Waals surface area (Å²) in [5.74, 6) is -0.498. The van der Waals surface area contributed by atoms with Crippen LogP contribution in [0.25, 0.3) is 22.4 Å². The van der Waals surface area contributed by atoms with Crippen LogP contribution in [0.15, 0.2) is 22.9 Å². The van der Waals surface area contributed by atoms with E-state index in [2.05, 4.69) is 20.8 Å². The number of anilines is 2. The number of epoxide rings is 1. The summed E-state index contributed by atoms with van der Waals surface area (Å²) in [4.78, 5) is 39.2. The zero-order chi connectivity index (χ0) is 28.0. The zero-order valence-corrected chi connectivity index (χ0v) is 22.4. The number of rotatable bonds is 2. The quantitative estimate of drug-likeness (QED) is 0.434. The number of nitrogens with zero attached hydrogens (tertiary/aromatic N) is 5. The van der Waals surface area contributed by atoms with Crippen LogP contribution in [0, 0.1) is 11.2 Å². The maximum Gasteiger partial charge on any atom is 0.323 e. The van der Waals surface area contributed by atoms with Crippen LogP contribution in [0.4, 0.5) is 20.8 Å². The molecule has 6 atom stereocenters. The number of nitrogens with one attached hydrogen (secondary N) is 2. The van der Waals surface area contributed by atoms with Crippen molar-refractivity contribution < 1.29 is 32.7 Å². The number of urea groups is 1. The topological polar surface area (TPSA) is 147 Å². The molecule has 0 radical (unpaired) electrons. The SMILES string of the molecule is CC1CN2c3c(cc4c(-c5ccnc(N6CCOCC6)n5)noc4c3F)CC3(C(=O)NC(=O)NC4OC43)C2C(C)O1. The highest BCUT2D eigenvalue weighted by molar-refractivity contribution is 6.02. The molecule has 0 aliphatic carbocycles. The van der Waals surface area contributed by atoms with Gasteiger partial charge in [-0.2, -0.15) is 0 Å². The monoisotopic (exact) mass is 565 g/mol. The van der Waals surface area contributed by atoms with Gasteiger partial charge >= 0.3 is 6.03 Å². The van der Waals surface area contributed by atoms with Crippen molar-refractivity contribution >= 4 is 34.5 Å². The number of aromatic nitrogens is 3.